The Bertz CT molecular complexity index is 857. The summed E-state index contributed by atoms with van der Waals surface area (Å²) in [5.74, 6) is 1.22. The van der Waals surface area contributed by atoms with Crippen molar-refractivity contribution in [1.29, 1.82) is 0 Å². The fraction of sp³-hybridized carbons (Fsp3) is 0.429. The molecule has 10 heteroatoms. The van der Waals surface area contributed by atoms with Gasteiger partial charge in [-0.05, 0) is 43.0 Å². The molecule has 1 aliphatic rings. The molecule has 3 rings (SSSR count). The minimum absolute atomic E-state index is 0. The number of rotatable bonds is 6. The van der Waals surface area contributed by atoms with Crippen LogP contribution in [0, 0.1) is 0 Å². The van der Waals surface area contributed by atoms with Crippen LogP contribution in [0.4, 0.5) is 19.0 Å². The summed E-state index contributed by atoms with van der Waals surface area (Å²) in [6.07, 6.45) is 0.683. The summed E-state index contributed by atoms with van der Waals surface area (Å²) in [7, 11) is 1.61. The monoisotopic (exact) mass is 549 g/mol. The average Bonchev–Trinajstić information content (AvgIpc) is 2.75. The number of nitrogens with zero attached hydrogens (tertiary/aromatic N) is 3. The maximum atomic E-state index is 12.6. The smallest absolute Gasteiger partial charge is 0.405 e. The maximum Gasteiger partial charge on any atom is 0.573 e. The third-order valence-corrected chi connectivity index (χ3v) is 4.82. The number of anilines is 1. The zero-order valence-electron chi connectivity index (χ0n) is 17.3. The molecule has 2 N–H and O–H groups in total. The van der Waals surface area contributed by atoms with Crippen LogP contribution in [-0.2, 0) is 13.1 Å². The number of aliphatic imine (C=N–C) groups is 1. The summed E-state index contributed by atoms with van der Waals surface area (Å²) >= 11 is 0. The quantitative estimate of drug-likeness (QED) is 0.317. The van der Waals surface area contributed by atoms with E-state index in [1.807, 2.05) is 6.07 Å². The highest BCUT2D eigenvalue weighted by Gasteiger charge is 2.31. The molecule has 1 aromatic carbocycles. The Hall–Kier alpha value is -2.24. The molecule has 0 atom stereocenters. The lowest BCUT2D eigenvalue weighted by Gasteiger charge is -2.28. The highest BCUT2D eigenvalue weighted by Crippen LogP contribution is 2.26. The van der Waals surface area contributed by atoms with Crippen LogP contribution in [0.3, 0.4) is 0 Å². The molecule has 2 heterocycles. The topological polar surface area (TPSA) is 61.8 Å². The van der Waals surface area contributed by atoms with Crippen LogP contribution in [-0.4, -0.2) is 37.4 Å². The van der Waals surface area contributed by atoms with Crippen molar-refractivity contribution in [3.05, 3.63) is 53.7 Å². The molecule has 0 spiro atoms. The van der Waals surface area contributed by atoms with Crippen molar-refractivity contribution in [3.63, 3.8) is 0 Å². The van der Waals surface area contributed by atoms with Crippen LogP contribution in [0.2, 0.25) is 0 Å². The zero-order valence-corrected chi connectivity index (χ0v) is 19.6. The number of ether oxygens (including phenoxy) is 1. The normalized spacial score (nSPS) is 14.6. The molecule has 0 amide bonds. The fourth-order valence-corrected chi connectivity index (χ4v) is 3.33. The number of piperidine rings is 1. The highest BCUT2D eigenvalue weighted by atomic mass is 127. The molecule has 1 aromatic heterocycles. The molecule has 1 aliphatic heterocycles. The van der Waals surface area contributed by atoms with Crippen LogP contribution < -0.4 is 20.3 Å². The lowest BCUT2D eigenvalue weighted by Crippen LogP contribution is -2.36. The predicted molar refractivity (Wildman–Crippen MR) is 126 cm³/mol. The summed E-state index contributed by atoms with van der Waals surface area (Å²) in [4.78, 5) is 10.9. The highest BCUT2D eigenvalue weighted by molar-refractivity contribution is 14.0. The molecule has 0 bridgehead atoms. The first-order valence-electron chi connectivity index (χ1n) is 9.92. The number of guanidine groups is 1. The second kappa shape index (κ2) is 12.0. The number of para-hydroxylation sites is 1. The second-order valence-electron chi connectivity index (χ2n) is 7.00. The van der Waals surface area contributed by atoms with E-state index in [0.717, 1.165) is 24.5 Å². The number of halogens is 4. The number of hydrogen-bond donors (Lipinski definition) is 2. The Morgan fingerprint density at radius 3 is 2.52 bits per heavy atom. The van der Waals surface area contributed by atoms with Crippen LogP contribution in [0.5, 0.6) is 5.75 Å². The number of aromatic nitrogens is 1. The summed E-state index contributed by atoms with van der Waals surface area (Å²) in [6, 6.07) is 10.0. The molecule has 0 aliphatic carbocycles. The van der Waals surface area contributed by atoms with Crippen molar-refractivity contribution in [3.8, 4) is 5.75 Å². The first-order valence-corrected chi connectivity index (χ1v) is 9.92. The molecule has 1 saturated heterocycles. The van der Waals surface area contributed by atoms with E-state index in [0.29, 0.717) is 18.1 Å². The minimum atomic E-state index is -4.73. The summed E-state index contributed by atoms with van der Waals surface area (Å²) in [5, 5.41) is 6.21. The molecule has 0 radical (unpaired) electrons. The van der Waals surface area contributed by atoms with Gasteiger partial charge in [0.2, 0.25) is 0 Å². The Labute approximate surface area is 197 Å². The van der Waals surface area contributed by atoms with E-state index >= 15 is 0 Å². The first kappa shape index (κ1) is 25.0. The van der Waals surface area contributed by atoms with E-state index in [2.05, 4.69) is 36.3 Å². The molecule has 6 nitrogen and oxygen atoms in total. The average molecular weight is 549 g/mol. The Balaban J connectivity index is 0.00000341. The van der Waals surface area contributed by atoms with Gasteiger partial charge in [-0.25, -0.2) is 4.98 Å². The zero-order chi connectivity index (χ0) is 21.4. The van der Waals surface area contributed by atoms with E-state index in [4.69, 9.17) is 0 Å². The standard InChI is InChI=1S/C21H26F3N5O.HI/c1-25-20(28-15-17-7-3-4-8-18(17)30-21(22,23)24)27-14-16-9-10-26-19(13-16)29-11-5-2-6-12-29;/h3-4,7-10,13H,2,5-6,11-12,14-15H2,1H3,(H2,25,27,28);1H. The van der Waals surface area contributed by atoms with Crippen molar-refractivity contribution in [2.24, 2.45) is 4.99 Å². The Kier molecular flexibility index (Phi) is 9.66. The van der Waals surface area contributed by atoms with Gasteiger partial charge in [-0.1, -0.05) is 18.2 Å². The van der Waals surface area contributed by atoms with E-state index in [9.17, 15) is 13.2 Å². The van der Waals surface area contributed by atoms with E-state index in [1.54, 1.807) is 25.4 Å². The van der Waals surface area contributed by atoms with Gasteiger partial charge in [-0.15, -0.1) is 37.1 Å². The summed E-state index contributed by atoms with van der Waals surface area (Å²) < 4.78 is 41.8. The van der Waals surface area contributed by atoms with E-state index in [-0.39, 0.29) is 36.3 Å². The molecule has 31 heavy (non-hydrogen) atoms. The molecule has 2 aromatic rings. The van der Waals surface area contributed by atoms with Crippen LogP contribution in [0.25, 0.3) is 0 Å². The largest absolute Gasteiger partial charge is 0.573 e. The van der Waals surface area contributed by atoms with Crippen LogP contribution in [0.1, 0.15) is 30.4 Å². The van der Waals surface area contributed by atoms with Crippen molar-refractivity contribution in [1.82, 2.24) is 15.6 Å². The molecule has 0 saturated carbocycles. The number of benzene rings is 1. The van der Waals surface area contributed by atoms with Gasteiger partial charge in [-0.3, -0.25) is 4.99 Å². The van der Waals surface area contributed by atoms with E-state index in [1.165, 1.54) is 31.4 Å². The SMILES string of the molecule is CN=C(NCc1ccnc(N2CCCCC2)c1)NCc1ccccc1OC(F)(F)F.I. The Morgan fingerprint density at radius 2 is 1.81 bits per heavy atom. The van der Waals surface area contributed by atoms with Gasteiger partial charge in [0.05, 0.1) is 0 Å². The summed E-state index contributed by atoms with van der Waals surface area (Å²) in [6.45, 7) is 2.70. The van der Waals surface area contributed by atoms with Crippen LogP contribution in [0.15, 0.2) is 47.6 Å². The fourth-order valence-electron chi connectivity index (χ4n) is 3.33. The molecule has 170 valence electrons. The molecular weight excluding hydrogens is 522 g/mol. The third kappa shape index (κ3) is 8.08. The number of hydrogen-bond acceptors (Lipinski definition) is 4. The van der Waals surface area contributed by atoms with Gasteiger partial charge in [0, 0.05) is 45.0 Å². The maximum absolute atomic E-state index is 12.6. The van der Waals surface area contributed by atoms with Crippen molar-refractivity contribution in [2.75, 3.05) is 25.0 Å². The summed E-state index contributed by atoms with van der Waals surface area (Å²) in [5.41, 5.74) is 1.43. The van der Waals surface area contributed by atoms with Crippen molar-refractivity contribution >= 4 is 35.8 Å². The van der Waals surface area contributed by atoms with Crippen molar-refractivity contribution in [2.45, 2.75) is 38.7 Å². The van der Waals surface area contributed by atoms with Gasteiger partial charge in [-0.2, -0.15) is 0 Å². The van der Waals surface area contributed by atoms with E-state index < -0.39 is 6.36 Å². The lowest BCUT2D eigenvalue weighted by molar-refractivity contribution is -0.274. The van der Waals surface area contributed by atoms with Crippen LogP contribution >= 0.6 is 24.0 Å². The molecule has 0 unspecified atom stereocenters. The van der Waals surface area contributed by atoms with Gasteiger partial charge in [0.15, 0.2) is 5.96 Å². The first-order chi connectivity index (χ1) is 14.4. The van der Waals surface area contributed by atoms with Gasteiger partial charge >= 0.3 is 6.36 Å². The van der Waals surface area contributed by atoms with Crippen molar-refractivity contribution < 1.29 is 17.9 Å². The van der Waals surface area contributed by atoms with Gasteiger partial charge in [0.25, 0.3) is 0 Å². The number of alkyl halides is 3. The minimum Gasteiger partial charge on any atom is -0.405 e. The third-order valence-electron chi connectivity index (χ3n) is 4.82. The number of pyridine rings is 1. The predicted octanol–water partition coefficient (Wildman–Crippen LogP) is 4.45. The molecule has 1 fully saturated rings. The lowest BCUT2D eigenvalue weighted by atomic mass is 10.1. The number of nitrogens with one attached hydrogen (secondary N) is 2. The van der Waals surface area contributed by atoms with Gasteiger partial charge in [0.1, 0.15) is 11.6 Å². The Morgan fingerprint density at radius 1 is 1.10 bits per heavy atom. The van der Waals surface area contributed by atoms with Gasteiger partial charge < -0.3 is 20.3 Å². The molecular formula is C21H27F3IN5O. The second-order valence-corrected chi connectivity index (χ2v) is 7.00.